The largest absolute Gasteiger partial charge is 0.424 e. The van der Waals surface area contributed by atoms with Gasteiger partial charge in [0.1, 0.15) is 0 Å². The van der Waals surface area contributed by atoms with Gasteiger partial charge < -0.3 is 9.73 Å². The van der Waals surface area contributed by atoms with Crippen molar-refractivity contribution in [3.8, 4) is 0 Å². The van der Waals surface area contributed by atoms with Crippen LogP contribution in [0.15, 0.2) is 4.42 Å². The molecule has 0 saturated carbocycles. The van der Waals surface area contributed by atoms with Crippen molar-refractivity contribution in [1.29, 1.82) is 0 Å². The quantitative estimate of drug-likeness (QED) is 0.708. The maximum Gasteiger partial charge on any atom is 0.230 e. The molecule has 0 atom stereocenters. The Kier molecular flexibility index (Phi) is 5.62. The van der Waals surface area contributed by atoms with Crippen molar-refractivity contribution in [2.75, 3.05) is 6.54 Å². The van der Waals surface area contributed by atoms with E-state index in [1.165, 1.54) is 25.7 Å². The number of nitrogens with one attached hydrogen (secondary N) is 1. The Morgan fingerprint density at radius 3 is 2.59 bits per heavy atom. The third-order valence-corrected chi connectivity index (χ3v) is 2.90. The molecule has 0 unspecified atom stereocenters. The standard InChI is InChI=1S/C13H25N3O/c1-5-6-7-8-13(3,4)10-14-9-12-16-15-11(2)17-12/h14H,5-10H2,1-4H3. The Hall–Kier alpha value is -0.900. The van der Waals surface area contributed by atoms with Crippen molar-refractivity contribution in [1.82, 2.24) is 15.5 Å². The summed E-state index contributed by atoms with van der Waals surface area (Å²) in [5.41, 5.74) is 0.338. The molecule has 0 aliphatic heterocycles. The molecule has 0 spiro atoms. The van der Waals surface area contributed by atoms with Crippen LogP contribution in [-0.2, 0) is 6.54 Å². The number of unbranched alkanes of at least 4 members (excludes halogenated alkanes) is 2. The van der Waals surface area contributed by atoms with Crippen molar-refractivity contribution in [3.63, 3.8) is 0 Å². The summed E-state index contributed by atoms with van der Waals surface area (Å²) in [5, 5.41) is 11.2. The van der Waals surface area contributed by atoms with Crippen LogP contribution in [-0.4, -0.2) is 16.7 Å². The Labute approximate surface area is 104 Å². The van der Waals surface area contributed by atoms with E-state index in [4.69, 9.17) is 4.42 Å². The number of aromatic nitrogens is 2. The molecule has 4 nitrogen and oxygen atoms in total. The van der Waals surface area contributed by atoms with Gasteiger partial charge in [0.05, 0.1) is 6.54 Å². The van der Waals surface area contributed by atoms with Crippen LogP contribution in [0.3, 0.4) is 0 Å². The van der Waals surface area contributed by atoms with Crippen molar-refractivity contribution in [3.05, 3.63) is 11.8 Å². The average molecular weight is 239 g/mol. The molecule has 17 heavy (non-hydrogen) atoms. The van der Waals surface area contributed by atoms with E-state index >= 15 is 0 Å². The van der Waals surface area contributed by atoms with Gasteiger partial charge in [0, 0.05) is 13.5 Å². The monoisotopic (exact) mass is 239 g/mol. The molecule has 1 aromatic heterocycles. The molecule has 1 heterocycles. The Bertz CT molecular complexity index is 320. The van der Waals surface area contributed by atoms with Crippen LogP contribution in [0.25, 0.3) is 0 Å². The van der Waals surface area contributed by atoms with Gasteiger partial charge in [-0.2, -0.15) is 0 Å². The maximum atomic E-state index is 5.31. The minimum absolute atomic E-state index is 0.338. The number of hydrogen-bond acceptors (Lipinski definition) is 4. The first-order valence-electron chi connectivity index (χ1n) is 6.53. The van der Waals surface area contributed by atoms with Gasteiger partial charge in [-0.15, -0.1) is 10.2 Å². The van der Waals surface area contributed by atoms with Gasteiger partial charge in [0.15, 0.2) is 0 Å². The predicted octanol–water partition coefficient (Wildman–Crippen LogP) is 3.07. The summed E-state index contributed by atoms with van der Waals surface area (Å²) in [7, 11) is 0. The Balaban J connectivity index is 2.20. The van der Waals surface area contributed by atoms with Crippen LogP contribution in [0.4, 0.5) is 0 Å². The van der Waals surface area contributed by atoms with E-state index in [1.54, 1.807) is 0 Å². The van der Waals surface area contributed by atoms with E-state index in [2.05, 4.69) is 36.3 Å². The molecule has 1 aromatic rings. The lowest BCUT2D eigenvalue weighted by Crippen LogP contribution is -2.29. The van der Waals surface area contributed by atoms with E-state index in [1.807, 2.05) is 6.92 Å². The van der Waals surface area contributed by atoms with Crippen LogP contribution in [0, 0.1) is 12.3 Å². The molecule has 0 fully saturated rings. The average Bonchev–Trinajstić information content (AvgIpc) is 2.64. The first kappa shape index (κ1) is 14.2. The number of rotatable bonds is 8. The van der Waals surface area contributed by atoms with Crippen LogP contribution in [0.2, 0.25) is 0 Å². The fourth-order valence-electron chi connectivity index (χ4n) is 1.86. The summed E-state index contributed by atoms with van der Waals surface area (Å²) < 4.78 is 5.31. The second kappa shape index (κ2) is 6.74. The highest BCUT2D eigenvalue weighted by molar-refractivity contribution is 4.79. The molecule has 0 amide bonds. The lowest BCUT2D eigenvalue weighted by atomic mass is 9.87. The highest BCUT2D eigenvalue weighted by atomic mass is 16.4. The summed E-state index contributed by atoms with van der Waals surface area (Å²) in [6.07, 6.45) is 5.18. The smallest absolute Gasteiger partial charge is 0.230 e. The van der Waals surface area contributed by atoms with Gasteiger partial charge in [-0.25, -0.2) is 0 Å². The number of nitrogens with zero attached hydrogens (tertiary/aromatic N) is 2. The molecule has 0 aromatic carbocycles. The zero-order valence-corrected chi connectivity index (χ0v) is 11.5. The van der Waals surface area contributed by atoms with Crippen LogP contribution < -0.4 is 5.32 Å². The molecule has 1 N–H and O–H groups in total. The minimum atomic E-state index is 0.338. The summed E-state index contributed by atoms with van der Waals surface area (Å²) in [6, 6.07) is 0. The number of hydrogen-bond donors (Lipinski definition) is 1. The molecule has 1 rings (SSSR count). The zero-order valence-electron chi connectivity index (χ0n) is 11.5. The predicted molar refractivity (Wildman–Crippen MR) is 68.7 cm³/mol. The van der Waals surface area contributed by atoms with Gasteiger partial charge in [-0.1, -0.05) is 40.0 Å². The van der Waals surface area contributed by atoms with Gasteiger partial charge in [0.25, 0.3) is 0 Å². The van der Waals surface area contributed by atoms with E-state index in [0.29, 0.717) is 23.7 Å². The fourth-order valence-corrected chi connectivity index (χ4v) is 1.86. The highest BCUT2D eigenvalue weighted by Crippen LogP contribution is 2.22. The molecule has 0 radical (unpaired) electrons. The highest BCUT2D eigenvalue weighted by Gasteiger charge is 2.17. The van der Waals surface area contributed by atoms with Crippen LogP contribution >= 0.6 is 0 Å². The molecule has 0 bridgehead atoms. The summed E-state index contributed by atoms with van der Waals surface area (Å²) in [6.45, 7) is 10.3. The second-order valence-corrected chi connectivity index (χ2v) is 5.44. The zero-order chi connectivity index (χ0) is 12.7. The van der Waals surface area contributed by atoms with Crippen LogP contribution in [0.1, 0.15) is 58.2 Å². The van der Waals surface area contributed by atoms with Gasteiger partial charge in [0.2, 0.25) is 11.8 Å². The molecule has 0 saturated heterocycles. The maximum absolute atomic E-state index is 5.31. The van der Waals surface area contributed by atoms with Crippen molar-refractivity contribution in [2.24, 2.45) is 5.41 Å². The third-order valence-electron chi connectivity index (χ3n) is 2.90. The normalized spacial score (nSPS) is 12.0. The van der Waals surface area contributed by atoms with Gasteiger partial charge in [-0.05, 0) is 11.8 Å². The van der Waals surface area contributed by atoms with Gasteiger partial charge >= 0.3 is 0 Å². The van der Waals surface area contributed by atoms with Gasteiger partial charge in [-0.3, -0.25) is 0 Å². The minimum Gasteiger partial charge on any atom is -0.424 e. The summed E-state index contributed by atoms with van der Waals surface area (Å²) in [4.78, 5) is 0. The fraction of sp³-hybridized carbons (Fsp3) is 0.846. The van der Waals surface area contributed by atoms with Crippen LogP contribution in [0.5, 0.6) is 0 Å². The first-order valence-corrected chi connectivity index (χ1v) is 6.53. The van der Waals surface area contributed by atoms with Crippen molar-refractivity contribution in [2.45, 2.75) is 59.9 Å². The third kappa shape index (κ3) is 5.82. The molecular weight excluding hydrogens is 214 g/mol. The Morgan fingerprint density at radius 1 is 1.24 bits per heavy atom. The van der Waals surface area contributed by atoms with E-state index in [9.17, 15) is 0 Å². The lowest BCUT2D eigenvalue weighted by molar-refractivity contribution is 0.295. The molecular formula is C13H25N3O. The van der Waals surface area contributed by atoms with E-state index in [0.717, 1.165) is 6.54 Å². The lowest BCUT2D eigenvalue weighted by Gasteiger charge is -2.24. The van der Waals surface area contributed by atoms with E-state index < -0.39 is 0 Å². The topological polar surface area (TPSA) is 51.0 Å². The first-order chi connectivity index (χ1) is 8.03. The van der Waals surface area contributed by atoms with E-state index in [-0.39, 0.29) is 0 Å². The SMILES string of the molecule is CCCCCC(C)(C)CNCc1nnc(C)o1. The van der Waals surface area contributed by atoms with Crippen molar-refractivity contribution < 1.29 is 4.42 Å². The molecule has 4 heteroatoms. The molecule has 98 valence electrons. The molecule has 0 aliphatic carbocycles. The second-order valence-electron chi connectivity index (χ2n) is 5.44. The molecule has 0 aliphatic rings. The summed E-state index contributed by atoms with van der Waals surface area (Å²) >= 11 is 0. The number of aryl methyl sites for hydroxylation is 1. The summed E-state index contributed by atoms with van der Waals surface area (Å²) in [5.74, 6) is 1.30. The Morgan fingerprint density at radius 2 is 2.00 bits per heavy atom. The van der Waals surface area contributed by atoms with Crippen molar-refractivity contribution >= 4 is 0 Å².